The number of phosphoric ester groups is 1. The van der Waals surface area contributed by atoms with Crippen LogP contribution in [0.1, 0.15) is 463 Å². The van der Waals surface area contributed by atoms with Crippen molar-refractivity contribution in [3.8, 4) is 0 Å². The molecule has 130 heavy (non-hydrogen) atoms. The minimum absolute atomic E-state index is 0.0350. The van der Waals surface area contributed by atoms with Crippen molar-refractivity contribution in [2.24, 2.45) is 0 Å². The van der Waals surface area contributed by atoms with Gasteiger partial charge in [0, 0.05) is 26.4 Å². The summed E-state index contributed by atoms with van der Waals surface area (Å²) in [7, 11) is -3.42. The van der Waals surface area contributed by atoms with Gasteiger partial charge in [-0.15, -0.1) is 0 Å². The van der Waals surface area contributed by atoms with Gasteiger partial charge in [-0.1, -0.05) is 404 Å². The molecule has 0 saturated carbocycles. The zero-order chi connectivity index (χ0) is 93.5. The number of aliphatic hydroxyl groups is 2. The van der Waals surface area contributed by atoms with Crippen molar-refractivity contribution < 1.29 is 99.7 Å². The lowest BCUT2D eigenvalue weighted by molar-refractivity contribution is -0.302. The summed E-state index contributed by atoms with van der Waals surface area (Å²) >= 11 is 0. The van der Waals surface area contributed by atoms with E-state index in [1.54, 1.807) is 0 Å². The lowest BCUT2D eigenvalue weighted by Gasteiger charge is -2.47. The molecule has 2 saturated heterocycles. The average molecular weight is 1850 g/mol. The Kier molecular flexibility index (Phi) is 66.9. The van der Waals surface area contributed by atoms with E-state index in [1.807, 2.05) is 54.6 Å². The second-order valence-corrected chi connectivity index (χ2v) is 39.3. The maximum atomic E-state index is 15.7. The smallest absolute Gasteiger partial charge is 0.462 e. The van der Waals surface area contributed by atoms with Crippen LogP contribution in [-0.4, -0.2) is 146 Å². The molecule has 2 amide bonds. The molecule has 0 spiro atoms. The number of carbonyl (C=O) groups is 6. The van der Waals surface area contributed by atoms with Crippen LogP contribution in [0.15, 0.2) is 54.6 Å². The molecular weight excluding hydrogens is 1670 g/mol. The summed E-state index contributed by atoms with van der Waals surface area (Å²) in [6.45, 7) is 11.9. The number of hydrogen-bond donors (Lipinski definition) is 4. The molecule has 0 bridgehead atoms. The van der Waals surface area contributed by atoms with Crippen LogP contribution in [0.4, 0.5) is 0 Å². The SMILES string of the molecule is CCCCCCCCCCCC(=O)O[C@H](CCCCCCCCCCC)CC(=O)N[C@H]1[C@@H](OC)O[C@H](CO[C@@H]2O[C@H](COCc3ccccc3)[C@@H](OP3(=O)OCc4ccccc4CO3)[C@H](OC(=O)C[C@@H](CCCCCCCCCCC)OC(=O)CCCCCCCCCCC)[C@H]2NC(=O)C[C@@H](CCCCCCCCCCC)OC(=O)CCCCCCCCCCC)[C@@H](O)[C@@H]1O. The van der Waals surface area contributed by atoms with Crippen LogP contribution in [0.2, 0.25) is 0 Å². The topological polar surface area (TPSA) is 295 Å². The van der Waals surface area contributed by atoms with E-state index in [4.69, 9.17) is 56.2 Å². The van der Waals surface area contributed by atoms with Crippen LogP contribution >= 0.6 is 7.82 Å². The van der Waals surface area contributed by atoms with Crippen LogP contribution < -0.4 is 10.6 Å². The van der Waals surface area contributed by atoms with Crippen molar-refractivity contribution in [1.29, 1.82) is 0 Å². The zero-order valence-corrected chi connectivity index (χ0v) is 83.3. The molecule has 3 aliphatic rings. The fourth-order valence-corrected chi connectivity index (χ4v) is 19.2. The van der Waals surface area contributed by atoms with E-state index in [0.29, 0.717) is 62.5 Å². The Morgan fingerprint density at radius 2 is 0.708 bits per heavy atom. The number of nitrogens with one attached hydrogen (secondary N) is 2. The van der Waals surface area contributed by atoms with Gasteiger partial charge >= 0.3 is 31.7 Å². The third-order valence-electron chi connectivity index (χ3n) is 25.9. The number of methoxy groups -OCH3 is 1. The van der Waals surface area contributed by atoms with E-state index in [2.05, 4.69) is 52.2 Å². The Labute approximate surface area is 786 Å². The van der Waals surface area contributed by atoms with Gasteiger partial charge in [-0.25, -0.2) is 4.57 Å². The highest BCUT2D eigenvalue weighted by Crippen LogP contribution is 2.55. The predicted molar refractivity (Wildman–Crippen MR) is 515 cm³/mol. The molecule has 0 aromatic heterocycles. The third kappa shape index (κ3) is 53.0. The largest absolute Gasteiger partial charge is 0.475 e. The van der Waals surface area contributed by atoms with Gasteiger partial charge < -0.3 is 63.5 Å². The van der Waals surface area contributed by atoms with Gasteiger partial charge in [0.05, 0.1) is 52.3 Å². The maximum Gasteiger partial charge on any atom is 0.475 e. The minimum Gasteiger partial charge on any atom is -0.462 e. The molecule has 0 unspecified atom stereocenters. The first-order chi connectivity index (χ1) is 63.5. The van der Waals surface area contributed by atoms with E-state index in [0.717, 1.165) is 185 Å². The number of phosphoric acid groups is 1. The molecule has 3 aliphatic heterocycles. The van der Waals surface area contributed by atoms with E-state index in [1.165, 1.54) is 142 Å². The molecular formula is C106H183N2O21P. The highest BCUT2D eigenvalue weighted by Gasteiger charge is 2.55. The number of hydrogen-bond acceptors (Lipinski definition) is 21. The van der Waals surface area contributed by atoms with Crippen molar-refractivity contribution in [3.63, 3.8) is 0 Å². The van der Waals surface area contributed by atoms with E-state index >= 15 is 14.2 Å². The van der Waals surface area contributed by atoms with Crippen LogP contribution in [0.5, 0.6) is 0 Å². The van der Waals surface area contributed by atoms with E-state index in [9.17, 15) is 29.4 Å². The molecule has 13 atom stereocenters. The highest BCUT2D eigenvalue weighted by atomic mass is 31.2. The number of amides is 2. The number of benzene rings is 2. The third-order valence-corrected chi connectivity index (χ3v) is 27.3. The summed E-state index contributed by atoms with van der Waals surface area (Å²) in [6.07, 6.45) is 42.6. The number of carbonyl (C=O) groups excluding carboxylic acids is 6. The molecule has 4 N–H and O–H groups in total. The van der Waals surface area contributed by atoms with Crippen molar-refractivity contribution >= 4 is 43.5 Å². The van der Waals surface area contributed by atoms with Crippen molar-refractivity contribution in [3.05, 3.63) is 71.3 Å². The highest BCUT2D eigenvalue weighted by molar-refractivity contribution is 7.48. The maximum absolute atomic E-state index is 15.7. The fourth-order valence-electron chi connectivity index (χ4n) is 17.9. The molecule has 2 aromatic carbocycles. The van der Waals surface area contributed by atoms with Gasteiger partial charge in [0.15, 0.2) is 18.7 Å². The van der Waals surface area contributed by atoms with Crippen LogP contribution in [0.3, 0.4) is 0 Å². The summed E-state index contributed by atoms with van der Waals surface area (Å²) in [4.78, 5) is 87.6. The summed E-state index contributed by atoms with van der Waals surface area (Å²) in [5.41, 5.74) is 2.17. The molecule has 0 radical (unpaired) electrons. The van der Waals surface area contributed by atoms with Gasteiger partial charge in [-0.3, -0.25) is 42.3 Å². The van der Waals surface area contributed by atoms with Crippen LogP contribution in [-0.2, 0) is 109 Å². The first-order valence-corrected chi connectivity index (χ1v) is 54.4. The summed E-state index contributed by atoms with van der Waals surface area (Å²) < 4.78 is 93.2. The normalized spacial score (nSPS) is 20.3. The summed E-state index contributed by atoms with van der Waals surface area (Å²) in [6, 6.07) is 13.7. The lowest BCUT2D eigenvalue weighted by Crippen LogP contribution is -2.67. The van der Waals surface area contributed by atoms with Gasteiger partial charge in [0.1, 0.15) is 60.9 Å². The lowest BCUT2D eigenvalue weighted by atomic mass is 9.95. The molecule has 2 aromatic rings. The average Bonchev–Trinajstić information content (AvgIpc) is 1.08. The van der Waals surface area contributed by atoms with Crippen molar-refractivity contribution in [1.82, 2.24) is 10.6 Å². The molecule has 748 valence electrons. The standard InChI is InChI=1S/C106H183N2O21P/c1-8-14-20-26-32-38-44-50-59-71-88(123-95(111)74-62-53-47-41-35-29-23-17-11-4)77-93(109)107-99-102(116)101(115)91(126-105(99)118-7)84-120-106-100(108-94(110)78-89(72-60-51-45-39-33-27-21-15-9-2)124-96(112)75-63-54-48-42-36-30-24-18-12-5)104(103(92(127-106)83-119-80-85-67-57-56-58-68-85)129-130(117)121-81-86-69-65-66-70-87(86)82-122-130)128-98(114)79-90(73-61-52-46-40-34-28-22-16-10-3)125-97(113)76-64-55-49-43-37-31-25-19-13-6/h56-58,65-70,88-92,99-106,115-116H,8-55,59-64,71-84H2,1-7H3,(H,107,109)(H,108,110)/t88-,89-,90-,91-,92-,99-,100-,101-,102-,103-,104-,105+,106-/m1/s1. The first kappa shape index (κ1) is 116. The Morgan fingerprint density at radius 3 is 1.08 bits per heavy atom. The van der Waals surface area contributed by atoms with Crippen LogP contribution in [0, 0.1) is 0 Å². The van der Waals surface area contributed by atoms with Crippen molar-refractivity contribution in [2.45, 2.75) is 545 Å². The number of fused-ring (bicyclic) bond motifs is 1. The number of ether oxygens (including phenoxy) is 9. The molecule has 5 rings (SSSR count). The minimum atomic E-state index is -4.76. The van der Waals surface area contributed by atoms with Crippen LogP contribution in [0.25, 0.3) is 0 Å². The second kappa shape index (κ2) is 75.2. The van der Waals surface area contributed by atoms with Gasteiger partial charge in [-0.05, 0) is 74.5 Å². The predicted octanol–water partition coefficient (Wildman–Crippen LogP) is 25.6. The number of esters is 4. The Morgan fingerprint density at radius 1 is 0.377 bits per heavy atom. The Bertz CT molecular complexity index is 3190. The number of aliphatic hydroxyl groups excluding tert-OH is 2. The quantitative estimate of drug-likeness (QED) is 0.0207. The Balaban J connectivity index is 1.56. The molecule has 23 nitrogen and oxygen atoms in total. The Hall–Kier alpha value is -4.91. The van der Waals surface area contributed by atoms with Crippen molar-refractivity contribution in [2.75, 3.05) is 20.3 Å². The van der Waals surface area contributed by atoms with Gasteiger partial charge in [0.2, 0.25) is 11.8 Å². The summed E-state index contributed by atoms with van der Waals surface area (Å²) in [5, 5.41) is 30.7. The molecule has 3 heterocycles. The number of unbranched alkanes of at least 4 members (excludes halogenated alkanes) is 48. The molecule has 24 heteroatoms. The van der Waals surface area contributed by atoms with E-state index < -0.39 is 130 Å². The van der Waals surface area contributed by atoms with Gasteiger partial charge in [-0.2, -0.15) is 0 Å². The number of rotatable bonds is 82. The summed E-state index contributed by atoms with van der Waals surface area (Å²) in [5.74, 6) is -3.31. The zero-order valence-electron chi connectivity index (χ0n) is 82.4. The van der Waals surface area contributed by atoms with Gasteiger partial charge in [0.25, 0.3) is 0 Å². The van der Waals surface area contributed by atoms with E-state index in [-0.39, 0.29) is 64.5 Å². The molecule has 2 fully saturated rings. The first-order valence-electron chi connectivity index (χ1n) is 52.9. The fraction of sp³-hybridized carbons (Fsp3) is 0.830. The monoisotopic (exact) mass is 1850 g/mol. The molecule has 0 aliphatic carbocycles. The second-order valence-electron chi connectivity index (χ2n) is 37.6.